The monoisotopic (exact) mass is 293 g/mol. The van der Waals surface area contributed by atoms with Gasteiger partial charge in [-0.3, -0.25) is 9.59 Å². The van der Waals surface area contributed by atoms with Crippen LogP contribution in [0.2, 0.25) is 0 Å². The summed E-state index contributed by atoms with van der Waals surface area (Å²) in [6.07, 6.45) is 0.803. The van der Waals surface area contributed by atoms with Gasteiger partial charge in [-0.1, -0.05) is 0 Å². The van der Waals surface area contributed by atoms with Crippen molar-refractivity contribution >= 4 is 17.4 Å². The zero-order valence-electron chi connectivity index (χ0n) is 12.3. The molecule has 6 nitrogen and oxygen atoms in total. The molecule has 0 saturated carbocycles. The van der Waals surface area contributed by atoms with Gasteiger partial charge in [0.25, 0.3) is 11.7 Å². The maximum atomic E-state index is 12.0. The number of nitrogens with zero attached hydrogens (tertiary/aromatic N) is 1. The molecule has 0 radical (unpaired) electrons. The average Bonchev–Trinajstić information content (AvgIpc) is 2.75. The van der Waals surface area contributed by atoms with Crippen molar-refractivity contribution in [2.45, 2.75) is 6.42 Å². The van der Waals surface area contributed by atoms with Crippen LogP contribution in [-0.4, -0.2) is 52.3 Å². The van der Waals surface area contributed by atoms with Gasteiger partial charge in [0.1, 0.15) is 5.75 Å². The zero-order chi connectivity index (χ0) is 15.2. The standard InChI is InChI=1S/C15H19NO5/c1-19-7-3-8-21-9-6-16-13-5-4-11(20-2)10-12(13)14(17)15(16)18/h4-5,10H,3,6-9H2,1-2H3. The summed E-state index contributed by atoms with van der Waals surface area (Å²) in [5.41, 5.74) is 1.00. The minimum Gasteiger partial charge on any atom is -0.497 e. The summed E-state index contributed by atoms with van der Waals surface area (Å²) in [6, 6.07) is 5.05. The molecular formula is C15H19NO5. The van der Waals surface area contributed by atoms with E-state index < -0.39 is 11.7 Å². The van der Waals surface area contributed by atoms with Crippen molar-refractivity contribution in [3.63, 3.8) is 0 Å². The number of rotatable bonds is 8. The van der Waals surface area contributed by atoms with Crippen LogP contribution in [0.4, 0.5) is 5.69 Å². The summed E-state index contributed by atoms with van der Waals surface area (Å²) in [7, 11) is 3.16. The first-order valence-electron chi connectivity index (χ1n) is 6.80. The van der Waals surface area contributed by atoms with E-state index in [1.165, 1.54) is 12.0 Å². The van der Waals surface area contributed by atoms with Crippen LogP contribution in [0.3, 0.4) is 0 Å². The first-order valence-corrected chi connectivity index (χ1v) is 6.80. The lowest BCUT2D eigenvalue weighted by molar-refractivity contribution is -0.114. The summed E-state index contributed by atoms with van der Waals surface area (Å²) in [5, 5.41) is 0. The van der Waals surface area contributed by atoms with Crippen LogP contribution >= 0.6 is 0 Å². The Morgan fingerprint density at radius 1 is 1.10 bits per heavy atom. The predicted molar refractivity (Wildman–Crippen MR) is 77.0 cm³/mol. The Hall–Kier alpha value is -1.92. The smallest absolute Gasteiger partial charge is 0.299 e. The molecule has 1 amide bonds. The van der Waals surface area contributed by atoms with Crippen LogP contribution < -0.4 is 9.64 Å². The van der Waals surface area contributed by atoms with Gasteiger partial charge in [0.05, 0.1) is 25.0 Å². The SMILES string of the molecule is COCCCOCCN1C(=O)C(=O)c2cc(OC)ccc21. The van der Waals surface area contributed by atoms with E-state index in [1.54, 1.807) is 25.3 Å². The van der Waals surface area contributed by atoms with Crippen LogP contribution in [0, 0.1) is 0 Å². The second-order valence-electron chi connectivity index (χ2n) is 4.63. The van der Waals surface area contributed by atoms with Gasteiger partial charge < -0.3 is 19.1 Å². The lowest BCUT2D eigenvalue weighted by atomic mass is 10.1. The van der Waals surface area contributed by atoms with Crippen LogP contribution in [0.15, 0.2) is 18.2 Å². The molecule has 2 rings (SSSR count). The third-order valence-electron chi connectivity index (χ3n) is 3.27. The van der Waals surface area contributed by atoms with Crippen molar-refractivity contribution in [2.75, 3.05) is 45.5 Å². The van der Waals surface area contributed by atoms with Gasteiger partial charge in [0, 0.05) is 26.9 Å². The molecule has 0 atom stereocenters. The summed E-state index contributed by atoms with van der Waals surface area (Å²) >= 11 is 0. The van der Waals surface area contributed by atoms with Crippen LogP contribution in [0.1, 0.15) is 16.8 Å². The van der Waals surface area contributed by atoms with E-state index in [0.29, 0.717) is 43.4 Å². The lowest BCUT2D eigenvalue weighted by Crippen LogP contribution is -2.32. The Morgan fingerprint density at radius 2 is 1.90 bits per heavy atom. The zero-order valence-corrected chi connectivity index (χ0v) is 12.3. The Bertz CT molecular complexity index is 529. The molecule has 21 heavy (non-hydrogen) atoms. The van der Waals surface area contributed by atoms with Crippen LogP contribution in [0.25, 0.3) is 0 Å². The summed E-state index contributed by atoms with van der Waals surface area (Å²) in [5.74, 6) is -0.449. The number of Topliss-reactive ketones (excluding diaryl/α,β-unsaturated/α-hetero) is 1. The van der Waals surface area contributed by atoms with Gasteiger partial charge in [0.2, 0.25) is 0 Å². The van der Waals surface area contributed by atoms with E-state index in [0.717, 1.165) is 6.42 Å². The maximum absolute atomic E-state index is 12.0. The molecule has 1 aliphatic rings. The first kappa shape index (κ1) is 15.5. The second-order valence-corrected chi connectivity index (χ2v) is 4.63. The van der Waals surface area contributed by atoms with Gasteiger partial charge in [-0.25, -0.2) is 0 Å². The number of ether oxygens (including phenoxy) is 3. The molecule has 0 N–H and O–H groups in total. The molecule has 0 aromatic heterocycles. The summed E-state index contributed by atoms with van der Waals surface area (Å²) in [6.45, 7) is 1.95. The van der Waals surface area contributed by atoms with Crippen molar-refractivity contribution in [1.29, 1.82) is 0 Å². The Labute approximate surface area is 123 Å². The van der Waals surface area contributed by atoms with Crippen molar-refractivity contribution in [1.82, 2.24) is 0 Å². The molecule has 0 saturated heterocycles. The van der Waals surface area contributed by atoms with E-state index in [1.807, 2.05) is 0 Å². The Kier molecular flexibility index (Phi) is 5.30. The molecule has 6 heteroatoms. The first-order chi connectivity index (χ1) is 10.2. The number of fused-ring (bicyclic) bond motifs is 1. The van der Waals surface area contributed by atoms with Crippen molar-refractivity contribution in [3.8, 4) is 5.75 Å². The van der Waals surface area contributed by atoms with Crippen molar-refractivity contribution in [2.24, 2.45) is 0 Å². The molecule has 114 valence electrons. The quantitative estimate of drug-likeness (QED) is 0.533. The number of hydrogen-bond donors (Lipinski definition) is 0. The molecule has 1 aliphatic heterocycles. The minimum atomic E-state index is -0.515. The molecular weight excluding hydrogens is 274 g/mol. The number of benzene rings is 1. The molecule has 0 bridgehead atoms. The number of methoxy groups -OCH3 is 2. The van der Waals surface area contributed by atoms with E-state index in [-0.39, 0.29) is 0 Å². The predicted octanol–water partition coefficient (Wildman–Crippen LogP) is 1.28. The molecule has 0 spiro atoms. The second kappa shape index (κ2) is 7.19. The molecule has 0 unspecified atom stereocenters. The topological polar surface area (TPSA) is 65.1 Å². The number of amides is 1. The highest BCUT2D eigenvalue weighted by Gasteiger charge is 2.35. The van der Waals surface area contributed by atoms with E-state index >= 15 is 0 Å². The Balaban J connectivity index is 1.96. The molecule has 0 fully saturated rings. The van der Waals surface area contributed by atoms with E-state index in [9.17, 15) is 9.59 Å². The van der Waals surface area contributed by atoms with Crippen molar-refractivity contribution in [3.05, 3.63) is 23.8 Å². The number of carbonyl (C=O) groups is 2. The third-order valence-corrected chi connectivity index (χ3v) is 3.27. The number of ketones is 1. The normalized spacial score (nSPS) is 13.7. The maximum Gasteiger partial charge on any atom is 0.299 e. The highest BCUT2D eigenvalue weighted by atomic mass is 16.5. The average molecular weight is 293 g/mol. The molecule has 0 aliphatic carbocycles. The van der Waals surface area contributed by atoms with Gasteiger partial charge in [0.15, 0.2) is 0 Å². The number of carbonyl (C=O) groups excluding carboxylic acids is 2. The molecule has 1 aromatic rings. The van der Waals surface area contributed by atoms with Gasteiger partial charge in [-0.2, -0.15) is 0 Å². The number of anilines is 1. The number of hydrogen-bond acceptors (Lipinski definition) is 5. The van der Waals surface area contributed by atoms with E-state index in [4.69, 9.17) is 14.2 Å². The fraction of sp³-hybridized carbons (Fsp3) is 0.467. The molecule has 1 aromatic carbocycles. The minimum absolute atomic E-state index is 0.358. The van der Waals surface area contributed by atoms with Gasteiger partial charge >= 0.3 is 0 Å². The fourth-order valence-corrected chi connectivity index (χ4v) is 2.19. The lowest BCUT2D eigenvalue weighted by Gasteiger charge is -2.16. The third kappa shape index (κ3) is 3.40. The van der Waals surface area contributed by atoms with Gasteiger partial charge in [-0.15, -0.1) is 0 Å². The highest BCUT2D eigenvalue weighted by Crippen LogP contribution is 2.31. The summed E-state index contributed by atoms with van der Waals surface area (Å²) in [4.78, 5) is 25.4. The van der Waals surface area contributed by atoms with Crippen LogP contribution in [0.5, 0.6) is 5.75 Å². The van der Waals surface area contributed by atoms with Crippen molar-refractivity contribution < 1.29 is 23.8 Å². The summed E-state index contributed by atoms with van der Waals surface area (Å²) < 4.78 is 15.4. The van der Waals surface area contributed by atoms with Gasteiger partial charge in [-0.05, 0) is 24.6 Å². The van der Waals surface area contributed by atoms with E-state index in [2.05, 4.69) is 0 Å². The largest absolute Gasteiger partial charge is 0.497 e. The Morgan fingerprint density at radius 3 is 2.62 bits per heavy atom. The molecule has 1 heterocycles. The highest BCUT2D eigenvalue weighted by molar-refractivity contribution is 6.52. The fourth-order valence-electron chi connectivity index (χ4n) is 2.19. The van der Waals surface area contributed by atoms with Crippen LogP contribution in [-0.2, 0) is 14.3 Å².